The number of hydrogen-bond donors (Lipinski definition) is 0. The van der Waals surface area contributed by atoms with Crippen molar-refractivity contribution < 1.29 is 4.42 Å². The molecule has 11 rings (SSSR count). The molecule has 0 saturated heterocycles. The van der Waals surface area contributed by atoms with Gasteiger partial charge in [0.1, 0.15) is 11.1 Å². The highest BCUT2D eigenvalue weighted by atomic mass is 16.3. The molecule has 0 spiro atoms. The zero-order chi connectivity index (χ0) is 39.1. The van der Waals surface area contributed by atoms with E-state index < -0.39 is 0 Å². The maximum Gasteiger partial charge on any atom is 0.246 e. The summed E-state index contributed by atoms with van der Waals surface area (Å²) in [6, 6.07) is 68.8. The number of hydrogen-bond acceptors (Lipinski definition) is 6. The molecule has 0 aliphatic carbocycles. The van der Waals surface area contributed by atoms with Crippen molar-refractivity contribution in [3.05, 3.63) is 200 Å². The Morgan fingerprint density at radius 2 is 0.644 bits per heavy atom. The van der Waals surface area contributed by atoms with Crippen LogP contribution in [0.4, 0.5) is 0 Å². The van der Waals surface area contributed by atoms with E-state index in [9.17, 15) is 0 Å². The van der Waals surface area contributed by atoms with Crippen LogP contribution in [0.15, 0.2) is 205 Å². The summed E-state index contributed by atoms with van der Waals surface area (Å²) in [7, 11) is 0. The number of benzene rings is 8. The zero-order valence-electron chi connectivity index (χ0n) is 31.7. The number of fused-ring (bicyclic) bond motifs is 4. The fraction of sp³-hybridized carbons (Fsp3) is 0. The molecule has 0 N–H and O–H groups in total. The van der Waals surface area contributed by atoms with Crippen LogP contribution in [0.3, 0.4) is 0 Å². The van der Waals surface area contributed by atoms with Crippen LogP contribution < -0.4 is 0 Å². The Bertz CT molecular complexity index is 3310. The first-order valence-corrected chi connectivity index (χ1v) is 19.6. The molecular weight excluding hydrogens is 723 g/mol. The normalized spacial score (nSPS) is 11.4. The summed E-state index contributed by atoms with van der Waals surface area (Å²) in [6.07, 6.45) is 0. The first-order chi connectivity index (χ1) is 29.2. The van der Waals surface area contributed by atoms with Gasteiger partial charge in [-0.15, -0.1) is 0 Å². The van der Waals surface area contributed by atoms with Crippen LogP contribution in [-0.2, 0) is 0 Å². The highest BCUT2D eigenvalue weighted by Crippen LogP contribution is 2.35. The third kappa shape index (κ3) is 6.58. The molecular formula is C53H33N5O. The quantitative estimate of drug-likeness (QED) is 0.161. The number of furan rings is 1. The van der Waals surface area contributed by atoms with Gasteiger partial charge in [0.15, 0.2) is 17.5 Å². The Morgan fingerprint density at radius 3 is 1.20 bits per heavy atom. The number of para-hydroxylation sites is 2. The van der Waals surface area contributed by atoms with Gasteiger partial charge in [-0.05, 0) is 80.9 Å². The summed E-state index contributed by atoms with van der Waals surface area (Å²) >= 11 is 0. The molecule has 0 saturated carbocycles. The molecule has 59 heavy (non-hydrogen) atoms. The van der Waals surface area contributed by atoms with Crippen LogP contribution in [0.2, 0.25) is 0 Å². The Hall–Kier alpha value is -8.09. The molecule has 6 heteroatoms. The van der Waals surface area contributed by atoms with Gasteiger partial charge in [-0.1, -0.05) is 164 Å². The molecule has 0 bridgehead atoms. The topological polar surface area (TPSA) is 77.6 Å². The first-order valence-electron chi connectivity index (χ1n) is 19.6. The molecule has 8 aromatic carbocycles. The Morgan fingerprint density at radius 1 is 0.271 bits per heavy atom. The average molecular weight is 756 g/mol. The molecule has 6 nitrogen and oxygen atoms in total. The molecule has 0 aliphatic heterocycles. The van der Waals surface area contributed by atoms with E-state index in [2.05, 4.69) is 133 Å². The van der Waals surface area contributed by atoms with Gasteiger partial charge in [-0.3, -0.25) is 0 Å². The first kappa shape index (κ1) is 34.2. The van der Waals surface area contributed by atoms with Crippen LogP contribution in [-0.4, -0.2) is 24.9 Å². The summed E-state index contributed by atoms with van der Waals surface area (Å²) in [4.78, 5) is 24.5. The Kier molecular flexibility index (Phi) is 8.37. The van der Waals surface area contributed by atoms with Crippen LogP contribution in [0.25, 0.3) is 112 Å². The molecule has 0 fully saturated rings. The highest BCUT2D eigenvalue weighted by Gasteiger charge is 2.15. The van der Waals surface area contributed by atoms with E-state index >= 15 is 0 Å². The van der Waals surface area contributed by atoms with E-state index in [4.69, 9.17) is 29.3 Å². The van der Waals surface area contributed by atoms with Crippen molar-refractivity contribution >= 4 is 33.2 Å². The van der Waals surface area contributed by atoms with E-state index in [1.54, 1.807) is 0 Å². The third-order valence-corrected chi connectivity index (χ3v) is 10.8. The summed E-state index contributed by atoms with van der Waals surface area (Å²) in [5.41, 5.74) is 15.6. The lowest BCUT2D eigenvalue weighted by molar-refractivity contribution is 0.655. The molecule has 276 valence electrons. The standard InChI is InChI=1S/C53H33N5O/c1-3-11-34(12-4-1)35-21-25-38(26-22-35)51-56-50(37-13-5-2-6-14-37)57-52(58-51)39-27-23-36(24-28-39)40-15-9-16-41(31-40)42-17-10-18-43(32-42)44-29-30-48-45(33-44)49-53(59-48)55-47-20-8-7-19-46(47)54-49/h1-33H. The van der Waals surface area contributed by atoms with Gasteiger partial charge in [0, 0.05) is 22.1 Å². The van der Waals surface area contributed by atoms with E-state index in [1.807, 2.05) is 66.7 Å². The average Bonchev–Trinajstić information content (AvgIpc) is 3.68. The van der Waals surface area contributed by atoms with Crippen molar-refractivity contribution in [2.24, 2.45) is 0 Å². The minimum atomic E-state index is 0.550. The molecule has 3 aromatic heterocycles. The Labute approximate surface area is 340 Å². The monoisotopic (exact) mass is 755 g/mol. The minimum Gasteiger partial charge on any atom is -0.436 e. The van der Waals surface area contributed by atoms with Crippen molar-refractivity contribution in [3.8, 4) is 78.7 Å². The van der Waals surface area contributed by atoms with E-state index in [0.29, 0.717) is 23.2 Å². The van der Waals surface area contributed by atoms with Crippen molar-refractivity contribution in [1.29, 1.82) is 0 Å². The van der Waals surface area contributed by atoms with Gasteiger partial charge in [0.2, 0.25) is 5.71 Å². The van der Waals surface area contributed by atoms with Crippen molar-refractivity contribution in [1.82, 2.24) is 24.9 Å². The van der Waals surface area contributed by atoms with Gasteiger partial charge in [0.05, 0.1) is 11.0 Å². The molecule has 3 heterocycles. The van der Waals surface area contributed by atoms with E-state index in [0.717, 1.165) is 83.2 Å². The van der Waals surface area contributed by atoms with Crippen LogP contribution >= 0.6 is 0 Å². The van der Waals surface area contributed by atoms with Crippen molar-refractivity contribution in [3.63, 3.8) is 0 Å². The summed E-state index contributed by atoms with van der Waals surface area (Å²) in [5.74, 6) is 1.89. The fourth-order valence-electron chi connectivity index (χ4n) is 7.68. The van der Waals surface area contributed by atoms with Gasteiger partial charge in [-0.25, -0.2) is 24.9 Å². The SMILES string of the molecule is c1ccc(-c2ccc(-c3nc(-c4ccccc4)nc(-c4ccc(-c5cccc(-c6cccc(-c7ccc8oc9nc%10ccccc%10nc9c8c7)c6)c5)cc4)n3)cc2)cc1. The predicted molar refractivity (Wildman–Crippen MR) is 238 cm³/mol. The van der Waals surface area contributed by atoms with Crippen LogP contribution in [0, 0.1) is 0 Å². The van der Waals surface area contributed by atoms with E-state index in [-0.39, 0.29) is 0 Å². The second kappa shape index (κ2) is 14.4. The number of aromatic nitrogens is 5. The largest absolute Gasteiger partial charge is 0.436 e. The molecule has 0 amide bonds. The summed E-state index contributed by atoms with van der Waals surface area (Å²) in [5, 5.41) is 0.953. The lowest BCUT2D eigenvalue weighted by atomic mass is 9.95. The summed E-state index contributed by atoms with van der Waals surface area (Å²) in [6.45, 7) is 0. The second-order valence-corrected chi connectivity index (χ2v) is 14.5. The van der Waals surface area contributed by atoms with E-state index in [1.165, 1.54) is 5.56 Å². The molecule has 0 aliphatic rings. The molecule has 11 aromatic rings. The minimum absolute atomic E-state index is 0.550. The number of nitrogens with zero attached hydrogens (tertiary/aromatic N) is 5. The van der Waals surface area contributed by atoms with Crippen molar-refractivity contribution in [2.45, 2.75) is 0 Å². The lowest BCUT2D eigenvalue weighted by Crippen LogP contribution is -2.00. The molecule has 0 unspecified atom stereocenters. The summed E-state index contributed by atoms with van der Waals surface area (Å²) < 4.78 is 6.11. The lowest BCUT2D eigenvalue weighted by Gasteiger charge is -2.11. The third-order valence-electron chi connectivity index (χ3n) is 10.8. The fourth-order valence-corrected chi connectivity index (χ4v) is 7.68. The molecule has 0 atom stereocenters. The zero-order valence-corrected chi connectivity index (χ0v) is 31.7. The predicted octanol–water partition coefficient (Wildman–Crippen LogP) is 13.4. The highest BCUT2D eigenvalue weighted by molar-refractivity contribution is 6.05. The van der Waals surface area contributed by atoms with Crippen molar-refractivity contribution in [2.75, 3.05) is 0 Å². The maximum atomic E-state index is 6.11. The van der Waals surface area contributed by atoms with Crippen LogP contribution in [0.1, 0.15) is 0 Å². The second-order valence-electron chi connectivity index (χ2n) is 14.5. The van der Waals surface area contributed by atoms with Gasteiger partial charge < -0.3 is 4.42 Å². The maximum absolute atomic E-state index is 6.11. The van der Waals surface area contributed by atoms with Crippen LogP contribution in [0.5, 0.6) is 0 Å². The smallest absolute Gasteiger partial charge is 0.246 e. The van der Waals surface area contributed by atoms with Gasteiger partial charge >= 0.3 is 0 Å². The Balaban J connectivity index is 0.896. The molecule has 0 radical (unpaired) electrons. The number of rotatable bonds is 7. The van der Waals surface area contributed by atoms with Gasteiger partial charge in [0.25, 0.3) is 0 Å². The van der Waals surface area contributed by atoms with Gasteiger partial charge in [-0.2, -0.15) is 0 Å².